The minimum atomic E-state index is -0.629. The zero-order chi connectivity index (χ0) is 15.4. The SMILES string of the molecule is Cn1ncc(C#N)c1NC(=O)Nc1cccc([N+](=O)[O-])c1. The van der Waals surface area contributed by atoms with Crippen LogP contribution in [0.5, 0.6) is 0 Å². The Hall–Kier alpha value is -3.41. The minimum Gasteiger partial charge on any atom is -0.307 e. The number of rotatable bonds is 3. The van der Waals surface area contributed by atoms with Crippen LogP contribution in [0.25, 0.3) is 0 Å². The van der Waals surface area contributed by atoms with E-state index in [1.54, 1.807) is 7.05 Å². The largest absolute Gasteiger partial charge is 0.324 e. The lowest BCUT2D eigenvalue weighted by molar-refractivity contribution is -0.384. The van der Waals surface area contributed by atoms with Gasteiger partial charge in [0.2, 0.25) is 0 Å². The number of aromatic nitrogens is 2. The first-order valence-electron chi connectivity index (χ1n) is 5.76. The molecule has 2 rings (SSSR count). The molecule has 1 aromatic heterocycles. The Balaban J connectivity index is 2.12. The van der Waals surface area contributed by atoms with Crippen LogP contribution in [0.4, 0.5) is 22.0 Å². The second kappa shape index (κ2) is 5.70. The maximum absolute atomic E-state index is 11.8. The summed E-state index contributed by atoms with van der Waals surface area (Å²) in [5.41, 5.74) is 0.347. The molecular formula is C12H10N6O3. The van der Waals surface area contributed by atoms with Crippen LogP contribution in [0, 0.1) is 21.4 Å². The number of urea groups is 1. The van der Waals surface area contributed by atoms with E-state index in [-0.39, 0.29) is 22.8 Å². The van der Waals surface area contributed by atoms with Crippen LogP contribution in [0.1, 0.15) is 5.56 Å². The third kappa shape index (κ3) is 3.13. The van der Waals surface area contributed by atoms with E-state index in [0.29, 0.717) is 0 Å². The van der Waals surface area contributed by atoms with Crippen molar-refractivity contribution in [1.29, 1.82) is 5.26 Å². The van der Waals surface area contributed by atoms with E-state index in [1.807, 2.05) is 6.07 Å². The van der Waals surface area contributed by atoms with E-state index < -0.39 is 11.0 Å². The molecule has 0 aliphatic carbocycles. The summed E-state index contributed by atoms with van der Waals surface area (Å²) < 4.78 is 1.34. The number of nitriles is 1. The van der Waals surface area contributed by atoms with Gasteiger partial charge in [-0.2, -0.15) is 10.4 Å². The van der Waals surface area contributed by atoms with Gasteiger partial charge in [0.05, 0.1) is 11.1 Å². The first kappa shape index (κ1) is 14.0. The fourth-order valence-corrected chi connectivity index (χ4v) is 1.63. The summed E-state index contributed by atoms with van der Waals surface area (Å²) in [5.74, 6) is 0.237. The summed E-state index contributed by atoms with van der Waals surface area (Å²) in [6.07, 6.45) is 1.32. The molecule has 2 amide bonds. The number of anilines is 2. The Morgan fingerprint density at radius 3 is 2.90 bits per heavy atom. The highest BCUT2D eigenvalue weighted by atomic mass is 16.6. The molecule has 9 heteroatoms. The van der Waals surface area contributed by atoms with Gasteiger partial charge in [-0.15, -0.1) is 0 Å². The molecular weight excluding hydrogens is 276 g/mol. The molecule has 0 radical (unpaired) electrons. The van der Waals surface area contributed by atoms with Gasteiger partial charge in [0.25, 0.3) is 5.69 Å². The standard InChI is InChI=1S/C12H10N6O3/c1-17-11(8(6-13)7-14-17)16-12(19)15-9-3-2-4-10(5-9)18(20)21/h2-5,7H,1H3,(H2,15,16,19). The molecule has 106 valence electrons. The van der Waals surface area contributed by atoms with Gasteiger partial charge in [-0.3, -0.25) is 20.1 Å². The molecule has 21 heavy (non-hydrogen) atoms. The zero-order valence-corrected chi connectivity index (χ0v) is 10.9. The molecule has 0 aliphatic heterocycles. The van der Waals surface area contributed by atoms with E-state index >= 15 is 0 Å². The molecule has 0 unspecified atom stereocenters. The number of nitro benzene ring substituents is 1. The van der Waals surface area contributed by atoms with Gasteiger partial charge in [-0.05, 0) is 6.07 Å². The maximum Gasteiger partial charge on any atom is 0.324 e. The van der Waals surface area contributed by atoms with Crippen molar-refractivity contribution in [1.82, 2.24) is 9.78 Å². The van der Waals surface area contributed by atoms with Crippen molar-refractivity contribution in [3.05, 3.63) is 46.1 Å². The highest BCUT2D eigenvalue weighted by molar-refractivity contribution is 6.00. The van der Waals surface area contributed by atoms with Gasteiger partial charge in [-0.25, -0.2) is 4.79 Å². The van der Waals surface area contributed by atoms with Gasteiger partial charge < -0.3 is 5.32 Å². The number of carbonyl (C=O) groups excluding carboxylic acids is 1. The van der Waals surface area contributed by atoms with Crippen LogP contribution >= 0.6 is 0 Å². The van der Waals surface area contributed by atoms with Crippen LogP contribution in [0.15, 0.2) is 30.5 Å². The Morgan fingerprint density at radius 2 is 2.24 bits per heavy atom. The van der Waals surface area contributed by atoms with Gasteiger partial charge in [0.15, 0.2) is 0 Å². The third-order valence-corrected chi connectivity index (χ3v) is 2.61. The van der Waals surface area contributed by atoms with Gasteiger partial charge in [-0.1, -0.05) is 6.07 Å². The molecule has 0 aliphatic rings. The fourth-order valence-electron chi connectivity index (χ4n) is 1.63. The molecule has 0 fully saturated rings. The first-order chi connectivity index (χ1) is 10.0. The number of nitrogens with zero attached hydrogens (tertiary/aromatic N) is 4. The Bertz CT molecular complexity index is 746. The molecule has 0 bridgehead atoms. The second-order valence-electron chi connectivity index (χ2n) is 4.03. The van der Waals surface area contributed by atoms with Crippen LogP contribution < -0.4 is 10.6 Å². The summed E-state index contributed by atoms with van der Waals surface area (Å²) in [7, 11) is 1.57. The number of carbonyl (C=O) groups is 1. The minimum absolute atomic E-state index is 0.133. The fraction of sp³-hybridized carbons (Fsp3) is 0.0833. The highest BCUT2D eigenvalue weighted by Gasteiger charge is 2.12. The summed E-state index contributed by atoms with van der Waals surface area (Å²) >= 11 is 0. The summed E-state index contributed by atoms with van der Waals surface area (Å²) in [4.78, 5) is 21.9. The van der Waals surface area contributed by atoms with E-state index in [4.69, 9.17) is 5.26 Å². The van der Waals surface area contributed by atoms with Crippen LogP contribution in [0.3, 0.4) is 0 Å². The molecule has 0 atom stereocenters. The average Bonchev–Trinajstić information content (AvgIpc) is 2.79. The van der Waals surface area contributed by atoms with Gasteiger partial charge in [0.1, 0.15) is 17.5 Å². The number of nitro groups is 1. The molecule has 1 aromatic carbocycles. The van der Waals surface area contributed by atoms with Crippen molar-refractivity contribution in [3.8, 4) is 6.07 Å². The van der Waals surface area contributed by atoms with Crippen molar-refractivity contribution in [2.24, 2.45) is 7.05 Å². The zero-order valence-electron chi connectivity index (χ0n) is 10.9. The van der Waals surface area contributed by atoms with Gasteiger partial charge in [0, 0.05) is 24.9 Å². The number of aryl methyl sites for hydroxylation is 1. The first-order valence-corrected chi connectivity index (χ1v) is 5.76. The van der Waals surface area contributed by atoms with Crippen LogP contribution in [0.2, 0.25) is 0 Å². The van der Waals surface area contributed by atoms with Gasteiger partial charge >= 0.3 is 6.03 Å². The number of amides is 2. The molecule has 1 heterocycles. The molecule has 2 aromatic rings. The van der Waals surface area contributed by atoms with Crippen molar-refractivity contribution in [2.45, 2.75) is 0 Å². The van der Waals surface area contributed by atoms with E-state index in [9.17, 15) is 14.9 Å². The lowest BCUT2D eigenvalue weighted by atomic mass is 10.3. The predicted molar refractivity (Wildman–Crippen MR) is 73.7 cm³/mol. The molecule has 9 nitrogen and oxygen atoms in total. The maximum atomic E-state index is 11.8. The number of non-ortho nitro benzene ring substituents is 1. The van der Waals surface area contributed by atoms with Crippen molar-refractivity contribution < 1.29 is 9.72 Å². The lowest BCUT2D eigenvalue weighted by Gasteiger charge is -2.08. The average molecular weight is 286 g/mol. The van der Waals surface area contributed by atoms with E-state index in [1.165, 1.54) is 35.1 Å². The Labute approximate surface area is 118 Å². The molecule has 0 spiro atoms. The molecule has 0 saturated heterocycles. The quantitative estimate of drug-likeness (QED) is 0.657. The van der Waals surface area contributed by atoms with Crippen LogP contribution in [-0.2, 0) is 7.05 Å². The molecule has 2 N–H and O–H groups in total. The summed E-state index contributed by atoms with van der Waals surface area (Å²) in [5, 5.41) is 28.3. The predicted octanol–water partition coefficient (Wildman–Crippen LogP) is 1.84. The van der Waals surface area contributed by atoms with E-state index in [0.717, 1.165) is 0 Å². The normalized spacial score (nSPS) is 9.71. The van der Waals surface area contributed by atoms with Crippen molar-refractivity contribution in [2.75, 3.05) is 10.6 Å². The number of benzene rings is 1. The Kier molecular flexibility index (Phi) is 3.80. The summed E-state index contributed by atoms with van der Waals surface area (Å²) in [6.45, 7) is 0. The van der Waals surface area contributed by atoms with Crippen LogP contribution in [-0.4, -0.2) is 20.7 Å². The van der Waals surface area contributed by atoms with Crippen molar-refractivity contribution in [3.63, 3.8) is 0 Å². The third-order valence-electron chi connectivity index (χ3n) is 2.61. The monoisotopic (exact) mass is 286 g/mol. The molecule has 0 saturated carbocycles. The van der Waals surface area contributed by atoms with Crippen molar-refractivity contribution >= 4 is 23.2 Å². The smallest absolute Gasteiger partial charge is 0.307 e. The topological polar surface area (TPSA) is 126 Å². The van der Waals surface area contributed by atoms with E-state index in [2.05, 4.69) is 15.7 Å². The Morgan fingerprint density at radius 1 is 1.48 bits per heavy atom. The number of nitrogens with one attached hydrogen (secondary N) is 2. The number of hydrogen-bond donors (Lipinski definition) is 2. The number of hydrogen-bond acceptors (Lipinski definition) is 5. The second-order valence-corrected chi connectivity index (χ2v) is 4.03. The summed E-state index contributed by atoms with van der Waals surface area (Å²) in [6, 6.07) is 6.78. The highest BCUT2D eigenvalue weighted by Crippen LogP contribution is 2.18. The lowest BCUT2D eigenvalue weighted by Crippen LogP contribution is -2.21.